The third kappa shape index (κ3) is 4.03. The summed E-state index contributed by atoms with van der Waals surface area (Å²) in [6, 6.07) is 11.6. The average molecular weight is 350 g/mol. The molecule has 6 heteroatoms. The number of rotatable bonds is 5. The smallest absolute Gasteiger partial charge is 0.275 e. The van der Waals surface area contributed by atoms with E-state index in [-0.39, 0.29) is 11.5 Å². The molecule has 2 N–H and O–H groups in total. The Labute approximate surface area is 151 Å². The van der Waals surface area contributed by atoms with Gasteiger partial charge < -0.3 is 10.6 Å². The van der Waals surface area contributed by atoms with Crippen LogP contribution < -0.4 is 10.6 Å². The standard InChI is InChI=1S/C20H19FN4O/c1-3-14-6-4-5-13(2)19(14)25-18-12-22-17(11-23-18)20(26)24-16-9-7-15(21)8-10-16/h4-12H,3H2,1-2H3,(H,23,25)(H,24,26). The molecule has 0 aliphatic rings. The number of benzene rings is 2. The van der Waals surface area contributed by atoms with Crippen molar-refractivity contribution in [3.63, 3.8) is 0 Å². The molecule has 0 spiro atoms. The highest BCUT2D eigenvalue weighted by Gasteiger charge is 2.10. The van der Waals surface area contributed by atoms with Crippen molar-refractivity contribution in [1.82, 2.24) is 9.97 Å². The number of para-hydroxylation sites is 1. The van der Waals surface area contributed by atoms with Crippen LogP contribution in [0.1, 0.15) is 28.5 Å². The van der Waals surface area contributed by atoms with Crippen LogP contribution in [-0.2, 0) is 6.42 Å². The zero-order chi connectivity index (χ0) is 18.5. The number of hydrogen-bond acceptors (Lipinski definition) is 4. The Hall–Kier alpha value is -3.28. The molecule has 0 aliphatic heterocycles. The third-order valence-electron chi connectivity index (χ3n) is 3.98. The first kappa shape index (κ1) is 17.5. The van der Waals surface area contributed by atoms with E-state index >= 15 is 0 Å². The van der Waals surface area contributed by atoms with E-state index in [1.54, 1.807) is 0 Å². The van der Waals surface area contributed by atoms with E-state index in [1.165, 1.54) is 42.2 Å². The summed E-state index contributed by atoms with van der Waals surface area (Å²) >= 11 is 0. The number of nitrogens with one attached hydrogen (secondary N) is 2. The van der Waals surface area contributed by atoms with Crippen molar-refractivity contribution >= 4 is 23.1 Å². The van der Waals surface area contributed by atoms with Crippen LogP contribution in [0.2, 0.25) is 0 Å². The molecule has 0 bridgehead atoms. The monoisotopic (exact) mass is 350 g/mol. The van der Waals surface area contributed by atoms with Crippen molar-refractivity contribution < 1.29 is 9.18 Å². The molecule has 0 atom stereocenters. The van der Waals surface area contributed by atoms with Gasteiger partial charge in [-0.15, -0.1) is 0 Å². The molecular formula is C20H19FN4O. The summed E-state index contributed by atoms with van der Waals surface area (Å²) in [6.45, 7) is 4.12. The normalized spacial score (nSPS) is 10.4. The van der Waals surface area contributed by atoms with Gasteiger partial charge in [0.05, 0.1) is 12.4 Å². The molecule has 5 nitrogen and oxygen atoms in total. The van der Waals surface area contributed by atoms with Gasteiger partial charge >= 0.3 is 0 Å². The van der Waals surface area contributed by atoms with Crippen molar-refractivity contribution in [3.8, 4) is 0 Å². The Balaban J connectivity index is 1.72. The first-order chi connectivity index (χ1) is 12.6. The predicted molar refractivity (Wildman–Crippen MR) is 100 cm³/mol. The minimum atomic E-state index is -0.402. The fourth-order valence-electron chi connectivity index (χ4n) is 2.57. The molecule has 0 radical (unpaired) electrons. The van der Waals surface area contributed by atoms with Gasteiger partial charge in [0.2, 0.25) is 0 Å². The maximum absolute atomic E-state index is 12.9. The first-order valence-corrected chi connectivity index (χ1v) is 8.31. The highest BCUT2D eigenvalue weighted by atomic mass is 19.1. The van der Waals surface area contributed by atoms with Crippen molar-refractivity contribution in [2.75, 3.05) is 10.6 Å². The van der Waals surface area contributed by atoms with Crippen molar-refractivity contribution in [2.45, 2.75) is 20.3 Å². The van der Waals surface area contributed by atoms with Crippen LogP contribution in [-0.4, -0.2) is 15.9 Å². The second-order valence-corrected chi connectivity index (χ2v) is 5.84. The summed E-state index contributed by atoms with van der Waals surface area (Å²) < 4.78 is 12.9. The van der Waals surface area contributed by atoms with Crippen LogP contribution in [0.15, 0.2) is 54.9 Å². The van der Waals surface area contributed by atoms with Gasteiger partial charge in [-0.1, -0.05) is 25.1 Å². The van der Waals surface area contributed by atoms with Crippen LogP contribution in [0.4, 0.5) is 21.6 Å². The topological polar surface area (TPSA) is 66.9 Å². The number of carbonyl (C=O) groups excluding carboxylic acids is 1. The molecule has 2 aromatic carbocycles. The van der Waals surface area contributed by atoms with Crippen molar-refractivity contribution in [2.24, 2.45) is 0 Å². The molecule has 1 amide bonds. The molecule has 0 saturated carbocycles. The fraction of sp³-hybridized carbons (Fsp3) is 0.150. The summed E-state index contributed by atoms with van der Waals surface area (Å²) in [4.78, 5) is 20.6. The molecule has 132 valence electrons. The molecule has 0 aliphatic carbocycles. The maximum Gasteiger partial charge on any atom is 0.275 e. The lowest BCUT2D eigenvalue weighted by atomic mass is 10.1. The lowest BCUT2D eigenvalue weighted by Crippen LogP contribution is -2.14. The fourth-order valence-corrected chi connectivity index (χ4v) is 2.57. The minimum absolute atomic E-state index is 0.181. The summed E-state index contributed by atoms with van der Waals surface area (Å²) in [6.07, 6.45) is 3.83. The molecule has 0 unspecified atom stereocenters. The van der Waals surface area contributed by atoms with Gasteiger partial charge in [0.15, 0.2) is 0 Å². The second kappa shape index (κ2) is 7.74. The Morgan fingerprint density at radius 3 is 2.50 bits per heavy atom. The molecule has 0 saturated heterocycles. The highest BCUT2D eigenvalue weighted by Crippen LogP contribution is 2.24. The van der Waals surface area contributed by atoms with Crippen molar-refractivity contribution in [1.29, 1.82) is 0 Å². The van der Waals surface area contributed by atoms with Gasteiger partial charge in [-0.3, -0.25) is 4.79 Å². The van der Waals surface area contributed by atoms with E-state index in [0.29, 0.717) is 11.5 Å². The van der Waals surface area contributed by atoms with Gasteiger partial charge in [-0.05, 0) is 48.7 Å². The van der Waals surface area contributed by atoms with Crippen LogP contribution in [0.5, 0.6) is 0 Å². The Kier molecular flexibility index (Phi) is 5.22. The SMILES string of the molecule is CCc1cccc(C)c1Nc1cnc(C(=O)Nc2ccc(F)cc2)cn1. The zero-order valence-corrected chi connectivity index (χ0v) is 14.6. The number of aryl methyl sites for hydroxylation is 2. The largest absolute Gasteiger partial charge is 0.339 e. The minimum Gasteiger partial charge on any atom is -0.339 e. The summed E-state index contributed by atoms with van der Waals surface area (Å²) in [7, 11) is 0. The molecule has 1 heterocycles. The van der Waals surface area contributed by atoms with E-state index in [2.05, 4.69) is 33.6 Å². The molecule has 1 aromatic heterocycles. The van der Waals surface area contributed by atoms with Crippen LogP contribution >= 0.6 is 0 Å². The van der Waals surface area contributed by atoms with E-state index in [1.807, 2.05) is 19.1 Å². The summed E-state index contributed by atoms with van der Waals surface area (Å²) in [5, 5.41) is 5.92. The highest BCUT2D eigenvalue weighted by molar-refractivity contribution is 6.02. The third-order valence-corrected chi connectivity index (χ3v) is 3.98. The number of hydrogen-bond donors (Lipinski definition) is 2. The predicted octanol–water partition coefficient (Wildman–Crippen LogP) is 4.48. The van der Waals surface area contributed by atoms with Gasteiger partial charge in [-0.2, -0.15) is 0 Å². The van der Waals surface area contributed by atoms with E-state index in [9.17, 15) is 9.18 Å². The summed E-state index contributed by atoms with van der Waals surface area (Å²) in [5.74, 6) is -0.200. The van der Waals surface area contributed by atoms with Crippen LogP contribution in [0, 0.1) is 12.7 Å². The molecule has 26 heavy (non-hydrogen) atoms. The van der Waals surface area contributed by atoms with Gasteiger partial charge in [0.25, 0.3) is 5.91 Å². The Morgan fingerprint density at radius 2 is 1.85 bits per heavy atom. The number of carbonyl (C=O) groups is 1. The molecular weight excluding hydrogens is 331 g/mol. The number of aromatic nitrogens is 2. The quantitative estimate of drug-likeness (QED) is 0.712. The number of anilines is 3. The number of amides is 1. The molecule has 0 fully saturated rings. The number of halogens is 1. The van der Waals surface area contributed by atoms with Crippen molar-refractivity contribution in [3.05, 3.63) is 77.5 Å². The lowest BCUT2D eigenvalue weighted by Gasteiger charge is -2.13. The molecule has 3 aromatic rings. The molecule has 3 rings (SSSR count). The van der Waals surface area contributed by atoms with Gasteiger partial charge in [0.1, 0.15) is 17.3 Å². The van der Waals surface area contributed by atoms with E-state index < -0.39 is 5.91 Å². The summed E-state index contributed by atoms with van der Waals surface area (Å²) in [5.41, 5.74) is 3.98. The van der Waals surface area contributed by atoms with Gasteiger partial charge in [0, 0.05) is 11.4 Å². The second-order valence-electron chi connectivity index (χ2n) is 5.84. The Bertz CT molecular complexity index is 908. The lowest BCUT2D eigenvalue weighted by molar-refractivity contribution is 0.102. The van der Waals surface area contributed by atoms with E-state index in [4.69, 9.17) is 0 Å². The first-order valence-electron chi connectivity index (χ1n) is 8.31. The maximum atomic E-state index is 12.9. The van der Waals surface area contributed by atoms with Crippen LogP contribution in [0.3, 0.4) is 0 Å². The van der Waals surface area contributed by atoms with E-state index in [0.717, 1.165) is 17.7 Å². The average Bonchev–Trinajstić information content (AvgIpc) is 2.65. The zero-order valence-electron chi connectivity index (χ0n) is 14.6. The number of nitrogens with zero attached hydrogens (tertiary/aromatic N) is 2. The van der Waals surface area contributed by atoms with Gasteiger partial charge in [-0.25, -0.2) is 14.4 Å². The Morgan fingerprint density at radius 1 is 1.08 bits per heavy atom. The van der Waals surface area contributed by atoms with Crippen LogP contribution in [0.25, 0.3) is 0 Å².